The Kier molecular flexibility index (Phi) is 4.75. The van der Waals surface area contributed by atoms with Crippen LogP contribution in [0.15, 0.2) is 24.4 Å². The molecule has 1 amide bonds. The van der Waals surface area contributed by atoms with Crippen molar-refractivity contribution < 1.29 is 14.7 Å². The van der Waals surface area contributed by atoms with Crippen LogP contribution in [-0.2, 0) is 23.1 Å². The Hall–Kier alpha value is -2.60. The lowest BCUT2D eigenvalue weighted by Crippen LogP contribution is -2.40. The average Bonchev–Trinajstić information content (AvgIpc) is 2.83. The molecule has 0 atom stereocenters. The second-order valence-electron chi connectivity index (χ2n) is 8.06. The molecular weight excluding hydrogens is 354 g/mol. The van der Waals surface area contributed by atoms with Crippen LogP contribution in [0.25, 0.3) is 16.5 Å². The first kappa shape index (κ1) is 18.7. The highest BCUT2D eigenvalue weighted by Crippen LogP contribution is 2.35. The lowest BCUT2D eigenvalue weighted by molar-refractivity contribution is -0.134. The lowest BCUT2D eigenvalue weighted by atomic mass is 9.95. The van der Waals surface area contributed by atoms with E-state index >= 15 is 0 Å². The van der Waals surface area contributed by atoms with Gasteiger partial charge in [0.15, 0.2) is 0 Å². The van der Waals surface area contributed by atoms with Crippen molar-refractivity contribution in [2.45, 2.75) is 26.2 Å². The van der Waals surface area contributed by atoms with E-state index < -0.39 is 5.97 Å². The number of aryl methyl sites for hydroxylation is 2. The second kappa shape index (κ2) is 7.09. The number of fused-ring (bicyclic) bond motifs is 3. The SMILES string of the molecule is Cc1cccc2c1c1c(n2C)C(C(=O)O)=CN(C(=O)C2CCN(C)CC2)CC1. The fraction of sp³-hybridized carbons (Fsp3) is 0.455. The van der Waals surface area contributed by atoms with Crippen molar-refractivity contribution in [3.8, 4) is 0 Å². The highest BCUT2D eigenvalue weighted by molar-refractivity contribution is 6.17. The lowest BCUT2D eigenvalue weighted by Gasteiger charge is -2.31. The van der Waals surface area contributed by atoms with Gasteiger partial charge in [-0.3, -0.25) is 4.79 Å². The summed E-state index contributed by atoms with van der Waals surface area (Å²) in [5.41, 5.74) is 4.12. The molecule has 0 saturated carbocycles. The zero-order chi connectivity index (χ0) is 20.0. The number of carboxylic acids is 1. The third kappa shape index (κ3) is 3.02. The van der Waals surface area contributed by atoms with E-state index in [0.717, 1.165) is 53.7 Å². The smallest absolute Gasteiger partial charge is 0.339 e. The Morgan fingerprint density at radius 2 is 1.82 bits per heavy atom. The van der Waals surface area contributed by atoms with Crippen molar-refractivity contribution in [1.82, 2.24) is 14.4 Å². The van der Waals surface area contributed by atoms with E-state index in [1.807, 2.05) is 23.7 Å². The van der Waals surface area contributed by atoms with Gasteiger partial charge < -0.3 is 19.5 Å². The molecule has 0 aliphatic carbocycles. The van der Waals surface area contributed by atoms with Crippen LogP contribution in [0, 0.1) is 12.8 Å². The number of likely N-dealkylation sites (tertiary alicyclic amines) is 1. The van der Waals surface area contributed by atoms with Crippen LogP contribution < -0.4 is 0 Å². The average molecular weight is 381 g/mol. The largest absolute Gasteiger partial charge is 0.478 e. The summed E-state index contributed by atoms with van der Waals surface area (Å²) < 4.78 is 1.96. The maximum atomic E-state index is 13.1. The van der Waals surface area contributed by atoms with Crippen LogP contribution in [-0.4, -0.2) is 58.0 Å². The summed E-state index contributed by atoms with van der Waals surface area (Å²) in [6.45, 7) is 4.38. The van der Waals surface area contributed by atoms with Crippen LogP contribution in [0.3, 0.4) is 0 Å². The number of piperidine rings is 1. The minimum Gasteiger partial charge on any atom is -0.478 e. The third-order valence-electron chi connectivity index (χ3n) is 6.26. The van der Waals surface area contributed by atoms with Crippen LogP contribution in [0.5, 0.6) is 0 Å². The summed E-state index contributed by atoms with van der Waals surface area (Å²) in [6, 6.07) is 6.08. The number of aliphatic carboxylic acids is 1. The van der Waals surface area contributed by atoms with Gasteiger partial charge in [-0.25, -0.2) is 4.79 Å². The molecule has 2 aliphatic heterocycles. The highest BCUT2D eigenvalue weighted by atomic mass is 16.4. The summed E-state index contributed by atoms with van der Waals surface area (Å²) in [7, 11) is 3.98. The van der Waals surface area contributed by atoms with Crippen LogP contribution in [0.4, 0.5) is 0 Å². The summed E-state index contributed by atoms with van der Waals surface area (Å²) in [4.78, 5) is 29.2. The Morgan fingerprint density at radius 3 is 2.50 bits per heavy atom. The van der Waals surface area contributed by atoms with Crippen molar-refractivity contribution in [3.63, 3.8) is 0 Å². The molecule has 6 nitrogen and oxygen atoms in total. The van der Waals surface area contributed by atoms with Gasteiger partial charge in [-0.05, 0) is 63.5 Å². The highest BCUT2D eigenvalue weighted by Gasteiger charge is 2.32. The maximum Gasteiger partial charge on any atom is 0.339 e. The van der Waals surface area contributed by atoms with Gasteiger partial charge >= 0.3 is 5.97 Å². The fourth-order valence-corrected chi connectivity index (χ4v) is 4.69. The maximum absolute atomic E-state index is 13.1. The molecule has 2 aliphatic rings. The molecule has 4 rings (SSSR count). The third-order valence-corrected chi connectivity index (χ3v) is 6.26. The number of hydrogen-bond donors (Lipinski definition) is 1. The predicted molar refractivity (Wildman–Crippen MR) is 109 cm³/mol. The molecule has 0 unspecified atom stereocenters. The van der Waals surface area contributed by atoms with Crippen LogP contribution in [0.1, 0.15) is 29.7 Å². The van der Waals surface area contributed by atoms with Gasteiger partial charge in [0, 0.05) is 36.6 Å². The van der Waals surface area contributed by atoms with Crippen LogP contribution >= 0.6 is 0 Å². The Morgan fingerprint density at radius 1 is 1.11 bits per heavy atom. The van der Waals surface area contributed by atoms with E-state index in [0.29, 0.717) is 13.0 Å². The normalized spacial score (nSPS) is 18.7. The molecule has 28 heavy (non-hydrogen) atoms. The van der Waals surface area contributed by atoms with Gasteiger partial charge in [-0.15, -0.1) is 0 Å². The van der Waals surface area contributed by atoms with Crippen molar-refractivity contribution in [2.75, 3.05) is 26.7 Å². The number of rotatable bonds is 2. The minimum atomic E-state index is -0.993. The first-order chi connectivity index (χ1) is 13.4. The predicted octanol–water partition coefficient (Wildman–Crippen LogP) is 2.64. The van der Waals surface area contributed by atoms with Crippen molar-refractivity contribution in [2.24, 2.45) is 13.0 Å². The van der Waals surface area contributed by atoms with Crippen molar-refractivity contribution in [3.05, 3.63) is 41.2 Å². The number of hydrogen-bond acceptors (Lipinski definition) is 3. The van der Waals surface area contributed by atoms with Crippen molar-refractivity contribution in [1.29, 1.82) is 0 Å². The number of carboxylic acid groups (broad SMARTS) is 1. The molecule has 1 aromatic carbocycles. The molecular formula is C22H27N3O3. The summed E-state index contributed by atoms with van der Waals surface area (Å²) in [5, 5.41) is 11.1. The first-order valence-electron chi connectivity index (χ1n) is 9.90. The molecule has 0 spiro atoms. The van der Waals surface area contributed by atoms with Gasteiger partial charge in [-0.2, -0.15) is 0 Å². The number of aromatic nitrogens is 1. The van der Waals surface area contributed by atoms with E-state index in [-0.39, 0.29) is 17.4 Å². The summed E-state index contributed by atoms with van der Waals surface area (Å²) in [6.07, 6.45) is 3.89. The molecule has 1 fully saturated rings. The topological polar surface area (TPSA) is 65.8 Å². The molecule has 0 bridgehead atoms. The van der Waals surface area contributed by atoms with E-state index in [1.165, 1.54) is 0 Å². The zero-order valence-electron chi connectivity index (χ0n) is 16.7. The van der Waals surface area contributed by atoms with Crippen LogP contribution in [0.2, 0.25) is 0 Å². The van der Waals surface area contributed by atoms with E-state index in [4.69, 9.17) is 0 Å². The molecule has 1 saturated heterocycles. The van der Waals surface area contributed by atoms with E-state index in [9.17, 15) is 14.7 Å². The molecule has 148 valence electrons. The van der Waals surface area contributed by atoms with Gasteiger partial charge in [0.25, 0.3) is 0 Å². The number of carbonyl (C=O) groups excluding carboxylic acids is 1. The minimum absolute atomic E-state index is 0.0258. The second-order valence-corrected chi connectivity index (χ2v) is 8.06. The van der Waals surface area contributed by atoms with Gasteiger partial charge in [0.05, 0.1) is 11.3 Å². The van der Waals surface area contributed by atoms with Gasteiger partial charge in [0.2, 0.25) is 5.91 Å². The summed E-state index contributed by atoms with van der Waals surface area (Å²) in [5.74, 6) is -0.962. The van der Waals surface area contributed by atoms with E-state index in [1.54, 1.807) is 11.1 Å². The Bertz CT molecular complexity index is 981. The molecule has 0 radical (unpaired) electrons. The molecule has 3 heterocycles. The number of carbonyl (C=O) groups is 2. The van der Waals surface area contributed by atoms with Gasteiger partial charge in [-0.1, -0.05) is 12.1 Å². The summed E-state index contributed by atoms with van der Waals surface area (Å²) >= 11 is 0. The monoisotopic (exact) mass is 381 g/mol. The number of amides is 1. The molecule has 1 aromatic heterocycles. The molecule has 2 aromatic rings. The Balaban J connectivity index is 1.76. The molecule has 6 heteroatoms. The fourth-order valence-electron chi connectivity index (χ4n) is 4.69. The Labute approximate surface area is 165 Å². The molecule has 1 N–H and O–H groups in total. The number of nitrogens with zero attached hydrogens (tertiary/aromatic N) is 3. The van der Waals surface area contributed by atoms with Gasteiger partial charge in [0.1, 0.15) is 0 Å². The zero-order valence-corrected chi connectivity index (χ0v) is 16.7. The quantitative estimate of drug-likeness (QED) is 0.869. The first-order valence-corrected chi connectivity index (χ1v) is 9.90. The van der Waals surface area contributed by atoms with Crippen molar-refractivity contribution >= 4 is 28.4 Å². The standard InChI is InChI=1S/C22H27N3O3/c1-14-5-4-6-18-19(14)16-9-12-25(13-17(22(27)28)20(16)24(18)3)21(26)15-7-10-23(2)11-8-15/h4-6,13,15H,7-12H2,1-3H3,(H,27,28). The number of benzene rings is 1. The van der Waals surface area contributed by atoms with E-state index in [2.05, 4.69) is 24.9 Å².